The van der Waals surface area contributed by atoms with Crippen LogP contribution in [0.2, 0.25) is 5.02 Å². The van der Waals surface area contributed by atoms with Crippen molar-refractivity contribution in [1.29, 1.82) is 0 Å². The summed E-state index contributed by atoms with van der Waals surface area (Å²) in [6.07, 6.45) is 0.863. The molecule has 20 heavy (non-hydrogen) atoms. The number of hydrogen-bond acceptors (Lipinski definition) is 2. The Bertz CT molecular complexity index is 578. The predicted molar refractivity (Wildman–Crippen MR) is 80.2 cm³/mol. The summed E-state index contributed by atoms with van der Waals surface area (Å²) in [5.74, 6) is -0.603. The maximum atomic E-state index is 13.7. The molecule has 0 amide bonds. The van der Waals surface area contributed by atoms with Crippen molar-refractivity contribution in [1.82, 2.24) is 4.31 Å². The van der Waals surface area contributed by atoms with Gasteiger partial charge < -0.3 is 0 Å². The molecule has 0 aromatic heterocycles. The lowest BCUT2D eigenvalue weighted by atomic mass is 10.1. The SMILES string of the molecule is CCC(C)CN(C)S(=O)(=O)c1cc(F)c(Cl)c(CCl)c1. The molecule has 0 aliphatic rings. The lowest BCUT2D eigenvalue weighted by Gasteiger charge is -2.21. The second kappa shape index (κ2) is 7.07. The van der Waals surface area contributed by atoms with Gasteiger partial charge in [-0.2, -0.15) is 0 Å². The molecule has 1 aromatic rings. The largest absolute Gasteiger partial charge is 0.242 e. The highest BCUT2D eigenvalue weighted by molar-refractivity contribution is 7.89. The van der Waals surface area contributed by atoms with Crippen LogP contribution >= 0.6 is 23.2 Å². The van der Waals surface area contributed by atoms with Gasteiger partial charge in [0.25, 0.3) is 0 Å². The molecule has 0 saturated carbocycles. The van der Waals surface area contributed by atoms with E-state index in [1.807, 2.05) is 13.8 Å². The second-order valence-corrected chi connectivity index (χ2v) is 7.50. The van der Waals surface area contributed by atoms with Crippen LogP contribution in [-0.4, -0.2) is 26.3 Å². The lowest BCUT2D eigenvalue weighted by molar-refractivity contribution is 0.393. The third kappa shape index (κ3) is 3.85. The lowest BCUT2D eigenvalue weighted by Crippen LogP contribution is -2.31. The highest BCUT2D eigenvalue weighted by Gasteiger charge is 2.24. The number of benzene rings is 1. The molecule has 0 spiro atoms. The smallest absolute Gasteiger partial charge is 0.207 e. The summed E-state index contributed by atoms with van der Waals surface area (Å²) < 4.78 is 39.7. The van der Waals surface area contributed by atoms with Crippen molar-refractivity contribution in [3.63, 3.8) is 0 Å². The molecular formula is C13H18Cl2FNO2S. The van der Waals surface area contributed by atoms with Crippen LogP contribution in [0.15, 0.2) is 17.0 Å². The van der Waals surface area contributed by atoms with Crippen molar-refractivity contribution in [2.45, 2.75) is 31.0 Å². The minimum absolute atomic E-state index is 0.0474. The Kier molecular flexibility index (Phi) is 6.25. The average Bonchev–Trinajstić information content (AvgIpc) is 2.41. The van der Waals surface area contributed by atoms with Crippen LogP contribution in [0.1, 0.15) is 25.8 Å². The van der Waals surface area contributed by atoms with Crippen molar-refractivity contribution in [2.24, 2.45) is 5.92 Å². The van der Waals surface area contributed by atoms with Crippen molar-refractivity contribution in [2.75, 3.05) is 13.6 Å². The van der Waals surface area contributed by atoms with Crippen molar-refractivity contribution in [3.05, 3.63) is 28.5 Å². The van der Waals surface area contributed by atoms with E-state index in [9.17, 15) is 12.8 Å². The monoisotopic (exact) mass is 341 g/mol. The summed E-state index contributed by atoms with van der Waals surface area (Å²) in [7, 11) is -2.26. The van der Waals surface area contributed by atoms with Gasteiger partial charge in [0.15, 0.2) is 0 Å². The molecule has 0 radical (unpaired) electrons. The Hall–Kier alpha value is -0.360. The van der Waals surface area contributed by atoms with Gasteiger partial charge in [-0.1, -0.05) is 31.9 Å². The molecule has 0 saturated heterocycles. The maximum Gasteiger partial charge on any atom is 0.242 e. The Morgan fingerprint density at radius 3 is 2.50 bits per heavy atom. The summed E-state index contributed by atoms with van der Waals surface area (Å²) in [6.45, 7) is 4.32. The maximum absolute atomic E-state index is 13.7. The van der Waals surface area contributed by atoms with Crippen molar-refractivity contribution in [3.8, 4) is 0 Å². The zero-order chi connectivity index (χ0) is 15.5. The topological polar surface area (TPSA) is 37.4 Å². The molecule has 114 valence electrons. The third-order valence-corrected chi connectivity index (χ3v) is 5.71. The zero-order valence-corrected chi connectivity index (χ0v) is 14.0. The van der Waals surface area contributed by atoms with E-state index < -0.39 is 15.8 Å². The second-order valence-electron chi connectivity index (χ2n) is 4.81. The molecule has 0 aliphatic carbocycles. The Labute approximate surface area is 129 Å². The van der Waals surface area contributed by atoms with Crippen LogP contribution < -0.4 is 0 Å². The van der Waals surface area contributed by atoms with E-state index in [1.54, 1.807) is 0 Å². The normalized spacial score (nSPS) is 13.8. The molecule has 1 rings (SSSR count). The number of sulfonamides is 1. The van der Waals surface area contributed by atoms with Gasteiger partial charge in [0.05, 0.1) is 9.92 Å². The van der Waals surface area contributed by atoms with Crippen molar-refractivity contribution >= 4 is 33.2 Å². The molecule has 1 unspecified atom stereocenters. The number of alkyl halides is 1. The summed E-state index contributed by atoms with van der Waals surface area (Å²) in [5, 5.41) is -0.136. The van der Waals surface area contributed by atoms with Crippen LogP contribution in [0.3, 0.4) is 0 Å². The quantitative estimate of drug-likeness (QED) is 0.736. The van der Waals surface area contributed by atoms with Gasteiger partial charge in [-0.15, -0.1) is 11.6 Å². The molecule has 0 bridgehead atoms. The molecular weight excluding hydrogens is 324 g/mol. The van der Waals surface area contributed by atoms with Crippen LogP contribution in [0, 0.1) is 11.7 Å². The van der Waals surface area contributed by atoms with Crippen molar-refractivity contribution < 1.29 is 12.8 Å². The fourth-order valence-electron chi connectivity index (χ4n) is 1.71. The highest BCUT2D eigenvalue weighted by Crippen LogP contribution is 2.27. The van der Waals surface area contributed by atoms with E-state index in [0.717, 1.165) is 12.5 Å². The number of halogens is 3. The minimum atomic E-state index is -3.74. The third-order valence-electron chi connectivity index (χ3n) is 3.19. The number of hydrogen-bond donors (Lipinski definition) is 0. The molecule has 0 N–H and O–H groups in total. The Morgan fingerprint density at radius 1 is 1.40 bits per heavy atom. The van der Waals surface area contributed by atoms with Crippen LogP contribution in [0.25, 0.3) is 0 Å². The van der Waals surface area contributed by atoms with Crippen LogP contribution in [-0.2, 0) is 15.9 Å². The molecule has 0 heterocycles. The van der Waals surface area contributed by atoms with Gasteiger partial charge in [0, 0.05) is 19.5 Å². The van der Waals surface area contributed by atoms with Gasteiger partial charge >= 0.3 is 0 Å². The van der Waals surface area contributed by atoms with Gasteiger partial charge in [-0.3, -0.25) is 0 Å². The Morgan fingerprint density at radius 2 is 2.00 bits per heavy atom. The molecule has 1 atom stereocenters. The zero-order valence-electron chi connectivity index (χ0n) is 11.7. The fourth-order valence-corrected chi connectivity index (χ4v) is 3.52. The summed E-state index contributed by atoms with van der Waals surface area (Å²) >= 11 is 11.4. The van der Waals surface area contributed by atoms with Gasteiger partial charge in [0.2, 0.25) is 10.0 Å². The van der Waals surface area contributed by atoms with Gasteiger partial charge in [0.1, 0.15) is 5.82 Å². The first-order valence-corrected chi connectivity index (χ1v) is 8.59. The van der Waals surface area contributed by atoms with E-state index in [1.165, 1.54) is 17.4 Å². The summed E-state index contributed by atoms with van der Waals surface area (Å²) in [6, 6.07) is 2.25. The van der Waals surface area contributed by atoms with Gasteiger partial charge in [-0.25, -0.2) is 17.1 Å². The summed E-state index contributed by atoms with van der Waals surface area (Å²) in [5.41, 5.74) is 0.267. The van der Waals surface area contributed by atoms with E-state index in [2.05, 4.69) is 0 Å². The fraction of sp³-hybridized carbons (Fsp3) is 0.538. The first kappa shape index (κ1) is 17.7. The van der Waals surface area contributed by atoms with E-state index in [4.69, 9.17) is 23.2 Å². The Balaban J connectivity index is 3.19. The molecule has 7 heteroatoms. The van der Waals surface area contributed by atoms with Crippen LogP contribution in [0.4, 0.5) is 4.39 Å². The minimum Gasteiger partial charge on any atom is -0.207 e. The highest BCUT2D eigenvalue weighted by atomic mass is 35.5. The molecule has 1 aromatic carbocycles. The number of rotatable bonds is 6. The summed E-state index contributed by atoms with van der Waals surface area (Å²) in [4.78, 5) is -0.124. The van der Waals surface area contributed by atoms with E-state index in [-0.39, 0.29) is 27.3 Å². The number of nitrogens with zero attached hydrogens (tertiary/aromatic N) is 1. The molecule has 3 nitrogen and oxygen atoms in total. The van der Waals surface area contributed by atoms with Crippen LogP contribution in [0.5, 0.6) is 0 Å². The standard InChI is InChI=1S/C13H18Cl2FNO2S/c1-4-9(2)8-17(3)20(18,19)11-5-10(7-14)13(15)12(16)6-11/h5-6,9H,4,7-8H2,1-3H3. The van der Waals surface area contributed by atoms with E-state index in [0.29, 0.717) is 6.54 Å². The first-order chi connectivity index (χ1) is 9.23. The average molecular weight is 342 g/mol. The van der Waals surface area contributed by atoms with E-state index >= 15 is 0 Å². The first-order valence-electron chi connectivity index (χ1n) is 6.24. The van der Waals surface area contributed by atoms with Gasteiger partial charge in [-0.05, 0) is 23.6 Å². The molecule has 0 aliphatic heterocycles. The molecule has 0 fully saturated rings. The predicted octanol–water partition coefficient (Wildman–Crippen LogP) is 3.88.